The van der Waals surface area contributed by atoms with Gasteiger partial charge in [0.15, 0.2) is 9.84 Å². The molecule has 1 atom stereocenters. The van der Waals surface area contributed by atoms with Crippen molar-refractivity contribution in [2.45, 2.75) is 23.8 Å². The van der Waals surface area contributed by atoms with Crippen molar-refractivity contribution in [3.05, 3.63) is 28.3 Å². The summed E-state index contributed by atoms with van der Waals surface area (Å²) in [7, 11) is -3.57. The predicted molar refractivity (Wildman–Crippen MR) is 74.2 cm³/mol. The van der Waals surface area contributed by atoms with Crippen LogP contribution < -0.4 is 4.90 Å². The predicted octanol–water partition coefficient (Wildman–Crippen LogP) is 1.05. The Morgan fingerprint density at radius 3 is 2.67 bits per heavy atom. The number of nitrogens with zero attached hydrogens (tertiary/aromatic N) is 2. The van der Waals surface area contributed by atoms with Gasteiger partial charge in [0, 0.05) is 18.9 Å². The number of nitro groups is 1. The lowest BCUT2D eigenvalue weighted by Crippen LogP contribution is -2.36. The molecule has 0 unspecified atom stereocenters. The van der Waals surface area contributed by atoms with Crippen LogP contribution in [0.15, 0.2) is 23.1 Å². The number of carboxylic acids is 1. The molecule has 9 heteroatoms. The molecule has 0 saturated carbocycles. The topological polar surface area (TPSA) is 118 Å². The fourth-order valence-corrected chi connectivity index (χ4v) is 3.08. The Morgan fingerprint density at radius 2 is 2.14 bits per heavy atom. The first-order chi connectivity index (χ1) is 9.71. The van der Waals surface area contributed by atoms with E-state index >= 15 is 0 Å². The van der Waals surface area contributed by atoms with Gasteiger partial charge in [0.2, 0.25) is 0 Å². The van der Waals surface area contributed by atoms with Crippen LogP contribution in [0.25, 0.3) is 0 Å². The Labute approximate surface area is 121 Å². The molecule has 1 N–H and O–H groups in total. The van der Waals surface area contributed by atoms with Crippen molar-refractivity contribution in [3.63, 3.8) is 0 Å². The zero-order valence-electron chi connectivity index (χ0n) is 11.2. The van der Waals surface area contributed by atoms with Crippen LogP contribution in [-0.2, 0) is 14.6 Å². The summed E-state index contributed by atoms with van der Waals surface area (Å²) >= 11 is 0. The van der Waals surface area contributed by atoms with Crippen LogP contribution in [0, 0.1) is 10.1 Å². The molecule has 0 bridgehead atoms. The van der Waals surface area contributed by atoms with Gasteiger partial charge in [0.25, 0.3) is 5.69 Å². The molecule has 1 fully saturated rings. The summed E-state index contributed by atoms with van der Waals surface area (Å²) in [5.41, 5.74) is -0.261. The zero-order valence-corrected chi connectivity index (χ0v) is 12.0. The molecule has 114 valence electrons. The average Bonchev–Trinajstić information content (AvgIpc) is 2.85. The monoisotopic (exact) mass is 314 g/mol. The number of carbonyl (C=O) groups is 1. The first kappa shape index (κ1) is 15.2. The van der Waals surface area contributed by atoms with Gasteiger partial charge in [-0.1, -0.05) is 0 Å². The van der Waals surface area contributed by atoms with Crippen molar-refractivity contribution in [2.24, 2.45) is 0 Å². The van der Waals surface area contributed by atoms with Gasteiger partial charge in [0.1, 0.15) is 11.7 Å². The highest BCUT2D eigenvalue weighted by Crippen LogP contribution is 2.35. The molecule has 0 aliphatic carbocycles. The van der Waals surface area contributed by atoms with Crippen molar-refractivity contribution >= 4 is 27.2 Å². The third-order valence-corrected chi connectivity index (χ3v) is 4.53. The maximum Gasteiger partial charge on any atom is 0.326 e. The van der Waals surface area contributed by atoms with E-state index in [9.17, 15) is 23.3 Å². The van der Waals surface area contributed by atoms with Gasteiger partial charge in [-0.25, -0.2) is 13.2 Å². The maximum absolute atomic E-state index is 11.5. The first-order valence-electron chi connectivity index (χ1n) is 6.20. The van der Waals surface area contributed by atoms with Crippen LogP contribution in [0.4, 0.5) is 11.4 Å². The largest absolute Gasteiger partial charge is 0.480 e. The molecule has 0 spiro atoms. The van der Waals surface area contributed by atoms with Gasteiger partial charge in [0.05, 0.1) is 9.82 Å². The summed E-state index contributed by atoms with van der Waals surface area (Å²) in [5.74, 6) is -1.05. The fraction of sp³-hybridized carbons (Fsp3) is 0.417. The highest BCUT2D eigenvalue weighted by atomic mass is 32.2. The highest BCUT2D eigenvalue weighted by molar-refractivity contribution is 7.90. The molecule has 21 heavy (non-hydrogen) atoms. The Balaban J connectivity index is 2.54. The third-order valence-electron chi connectivity index (χ3n) is 3.42. The van der Waals surface area contributed by atoms with Crippen LogP contribution >= 0.6 is 0 Å². The fourth-order valence-electron chi connectivity index (χ4n) is 2.43. The van der Waals surface area contributed by atoms with E-state index in [4.69, 9.17) is 5.11 Å². The minimum atomic E-state index is -3.57. The molecule has 8 nitrogen and oxygen atoms in total. The normalized spacial score (nSPS) is 18.7. The van der Waals surface area contributed by atoms with E-state index in [-0.39, 0.29) is 10.6 Å². The van der Waals surface area contributed by atoms with Gasteiger partial charge in [-0.15, -0.1) is 0 Å². The van der Waals surface area contributed by atoms with E-state index in [0.717, 1.165) is 12.3 Å². The van der Waals surface area contributed by atoms with Crippen molar-refractivity contribution in [1.82, 2.24) is 0 Å². The highest BCUT2D eigenvalue weighted by Gasteiger charge is 2.34. The number of anilines is 1. The van der Waals surface area contributed by atoms with E-state index < -0.39 is 32.5 Å². The second-order valence-corrected chi connectivity index (χ2v) is 6.89. The number of nitro benzene ring substituents is 1. The van der Waals surface area contributed by atoms with E-state index in [1.165, 1.54) is 17.0 Å². The van der Waals surface area contributed by atoms with Gasteiger partial charge >= 0.3 is 5.97 Å². The van der Waals surface area contributed by atoms with Crippen molar-refractivity contribution in [1.29, 1.82) is 0 Å². The summed E-state index contributed by atoms with van der Waals surface area (Å²) in [6, 6.07) is 2.71. The number of rotatable bonds is 4. The van der Waals surface area contributed by atoms with Crippen LogP contribution in [0.1, 0.15) is 12.8 Å². The van der Waals surface area contributed by atoms with Crippen LogP contribution in [0.3, 0.4) is 0 Å². The Morgan fingerprint density at radius 1 is 1.48 bits per heavy atom. The second kappa shape index (κ2) is 5.32. The third kappa shape index (κ3) is 2.97. The van der Waals surface area contributed by atoms with E-state index in [0.29, 0.717) is 19.4 Å². The van der Waals surface area contributed by atoms with Gasteiger partial charge in [-0.2, -0.15) is 0 Å². The Kier molecular flexibility index (Phi) is 3.86. The molecular weight excluding hydrogens is 300 g/mol. The maximum atomic E-state index is 11.5. The molecule has 1 aromatic carbocycles. The van der Waals surface area contributed by atoms with E-state index in [1.807, 2.05) is 0 Å². The number of sulfone groups is 1. The standard InChI is InChI=1S/C12H14N2O6S/c1-21(19,20)8-4-5-9(11(7-8)14(17)18)13-6-2-3-10(13)12(15)16/h4-5,7,10H,2-3,6H2,1H3,(H,15,16)/t10-/m0/s1. The zero-order chi connectivity index (χ0) is 15.8. The Hall–Kier alpha value is -2.16. The lowest BCUT2D eigenvalue weighted by atomic mass is 10.2. The van der Waals surface area contributed by atoms with Crippen LogP contribution in [0.2, 0.25) is 0 Å². The summed E-state index contributed by atoms with van der Waals surface area (Å²) in [5, 5.41) is 20.3. The molecule has 1 heterocycles. The molecule has 1 aliphatic heterocycles. The van der Waals surface area contributed by atoms with E-state index in [1.54, 1.807) is 0 Å². The van der Waals surface area contributed by atoms with Gasteiger partial charge in [-0.3, -0.25) is 10.1 Å². The first-order valence-corrected chi connectivity index (χ1v) is 8.09. The van der Waals surface area contributed by atoms with Crippen molar-refractivity contribution in [3.8, 4) is 0 Å². The molecule has 1 aromatic rings. The SMILES string of the molecule is CS(=O)(=O)c1ccc(N2CCC[C@H]2C(=O)O)c([N+](=O)[O-])c1. The number of carboxylic acid groups (broad SMARTS) is 1. The van der Waals surface area contributed by atoms with Crippen molar-refractivity contribution in [2.75, 3.05) is 17.7 Å². The summed E-state index contributed by atoms with van der Waals surface area (Å²) in [6.07, 6.45) is 1.98. The number of hydrogen-bond donors (Lipinski definition) is 1. The van der Waals surface area contributed by atoms with Gasteiger partial charge in [-0.05, 0) is 25.0 Å². The Bertz CT molecular complexity index is 700. The minimum Gasteiger partial charge on any atom is -0.480 e. The number of aliphatic carboxylic acids is 1. The molecular formula is C12H14N2O6S. The van der Waals surface area contributed by atoms with Crippen LogP contribution in [0.5, 0.6) is 0 Å². The quantitative estimate of drug-likeness (QED) is 0.651. The smallest absolute Gasteiger partial charge is 0.326 e. The van der Waals surface area contributed by atoms with E-state index in [2.05, 4.69) is 0 Å². The van der Waals surface area contributed by atoms with Crippen molar-refractivity contribution < 1.29 is 23.2 Å². The van der Waals surface area contributed by atoms with Crippen LogP contribution in [-0.4, -0.2) is 43.3 Å². The minimum absolute atomic E-state index is 0.136. The lowest BCUT2D eigenvalue weighted by Gasteiger charge is -2.23. The molecule has 0 amide bonds. The second-order valence-electron chi connectivity index (χ2n) is 4.87. The molecule has 0 radical (unpaired) electrons. The number of hydrogen-bond acceptors (Lipinski definition) is 6. The summed E-state index contributed by atoms with van der Waals surface area (Å²) < 4.78 is 23.0. The average molecular weight is 314 g/mol. The summed E-state index contributed by atoms with van der Waals surface area (Å²) in [6.45, 7) is 0.385. The molecule has 2 rings (SSSR count). The summed E-state index contributed by atoms with van der Waals surface area (Å²) in [4.78, 5) is 22.9. The van der Waals surface area contributed by atoms with Gasteiger partial charge < -0.3 is 10.0 Å². The molecule has 1 aliphatic rings. The lowest BCUT2D eigenvalue weighted by molar-refractivity contribution is -0.384. The molecule has 0 aromatic heterocycles. The number of benzene rings is 1. The molecule has 1 saturated heterocycles.